The van der Waals surface area contributed by atoms with E-state index in [1.54, 1.807) is 21.6 Å². The van der Waals surface area contributed by atoms with Crippen molar-refractivity contribution in [3.05, 3.63) is 0 Å². The molecule has 2 nitrogen and oxygen atoms in total. The lowest BCUT2D eigenvalue weighted by Crippen LogP contribution is -2.28. The van der Waals surface area contributed by atoms with Crippen LogP contribution in [0.4, 0.5) is 0 Å². The Hall–Kier alpha value is 0.640. The molecule has 0 saturated heterocycles. The van der Waals surface area contributed by atoms with Crippen LogP contribution in [0.15, 0.2) is 0 Å². The molecule has 0 aliphatic rings. The summed E-state index contributed by atoms with van der Waals surface area (Å²) < 4.78 is 1.94. The summed E-state index contributed by atoms with van der Waals surface area (Å²) in [6.45, 7) is 13.4. The smallest absolute Gasteiger partial charge is 0.147 e. The van der Waals surface area contributed by atoms with E-state index in [9.17, 15) is 0 Å². The van der Waals surface area contributed by atoms with E-state index < -0.39 is 0 Å². The van der Waals surface area contributed by atoms with E-state index in [2.05, 4.69) is 37.5 Å². The van der Waals surface area contributed by atoms with Gasteiger partial charge in [-0.15, -0.1) is 0 Å². The Morgan fingerprint density at radius 3 is 1.82 bits per heavy atom. The molecule has 0 aliphatic heterocycles. The van der Waals surface area contributed by atoms with Crippen molar-refractivity contribution in [2.24, 2.45) is 0 Å². The largest absolute Gasteiger partial charge is 0.357 e. The molecule has 0 spiro atoms. The minimum atomic E-state index is 0.876. The predicted octanol–water partition coefficient (Wildman–Crippen LogP) is 3.66. The Balaban J connectivity index is 3.95. The van der Waals surface area contributed by atoms with Gasteiger partial charge in [0.2, 0.25) is 0 Å². The van der Waals surface area contributed by atoms with E-state index in [1.807, 2.05) is 0 Å². The van der Waals surface area contributed by atoms with Gasteiger partial charge < -0.3 is 4.90 Å². The number of nitrogens with zero attached hydrogens (tertiary/aromatic N) is 2. The Bertz CT molecular complexity index is 238. The molecule has 0 rings (SSSR count). The molecule has 0 fully saturated rings. The number of hydrogen-bond donors (Lipinski definition) is 0. The molecule has 0 aromatic carbocycles. The quantitative estimate of drug-likeness (QED) is 0.542. The van der Waals surface area contributed by atoms with Gasteiger partial charge in [0.25, 0.3) is 0 Å². The van der Waals surface area contributed by atoms with Crippen molar-refractivity contribution in [1.82, 2.24) is 9.80 Å². The van der Waals surface area contributed by atoms with E-state index in [0.717, 1.165) is 41.2 Å². The van der Waals surface area contributed by atoms with E-state index in [4.69, 9.17) is 24.4 Å². The fourth-order valence-corrected chi connectivity index (χ4v) is 4.06. The topological polar surface area (TPSA) is 6.48 Å². The normalized spacial score (nSPS) is 10.6. The summed E-state index contributed by atoms with van der Waals surface area (Å²) in [5.41, 5.74) is 0. The van der Waals surface area contributed by atoms with Crippen molar-refractivity contribution in [1.29, 1.82) is 0 Å². The monoisotopic (exact) mass is 310 g/mol. The van der Waals surface area contributed by atoms with Crippen LogP contribution in [0, 0.1) is 0 Å². The second kappa shape index (κ2) is 10.6. The third kappa shape index (κ3) is 7.62. The van der Waals surface area contributed by atoms with Gasteiger partial charge >= 0.3 is 0 Å². The SMILES string of the molecule is CCN(CC)CC(=S)SSC(=S)N(CC)CC. The van der Waals surface area contributed by atoms with Crippen LogP contribution in [0.2, 0.25) is 0 Å². The van der Waals surface area contributed by atoms with Crippen molar-refractivity contribution in [2.45, 2.75) is 27.7 Å². The van der Waals surface area contributed by atoms with E-state index in [0.29, 0.717) is 0 Å². The summed E-state index contributed by atoms with van der Waals surface area (Å²) in [7, 11) is 3.24. The van der Waals surface area contributed by atoms with Crippen LogP contribution in [0.5, 0.6) is 0 Å². The van der Waals surface area contributed by atoms with Crippen molar-refractivity contribution in [2.75, 3.05) is 32.7 Å². The number of rotatable bonds is 6. The molecule has 0 heterocycles. The standard InChI is InChI=1S/C11H22N2S4/c1-5-12(6-2)9-10(14)16-17-11(15)13(7-3)8-4/h5-9H2,1-4H3. The van der Waals surface area contributed by atoms with Crippen LogP contribution in [-0.4, -0.2) is 51.0 Å². The molecule has 0 aromatic heterocycles. The zero-order chi connectivity index (χ0) is 13.3. The van der Waals surface area contributed by atoms with Gasteiger partial charge in [-0.25, -0.2) is 0 Å². The average Bonchev–Trinajstić information content (AvgIpc) is 2.34. The van der Waals surface area contributed by atoms with Crippen LogP contribution in [-0.2, 0) is 0 Å². The van der Waals surface area contributed by atoms with Gasteiger partial charge in [-0.2, -0.15) is 0 Å². The summed E-state index contributed by atoms with van der Waals surface area (Å²) >= 11 is 10.7. The average molecular weight is 311 g/mol. The van der Waals surface area contributed by atoms with Crippen molar-refractivity contribution >= 4 is 54.5 Å². The summed E-state index contributed by atoms with van der Waals surface area (Å²) in [5.74, 6) is 0. The Morgan fingerprint density at radius 1 is 0.882 bits per heavy atom. The maximum absolute atomic E-state index is 5.36. The highest BCUT2D eigenvalue weighted by atomic mass is 33.1. The Labute approximate surface area is 124 Å². The van der Waals surface area contributed by atoms with Crippen molar-refractivity contribution in [3.63, 3.8) is 0 Å². The lowest BCUT2D eigenvalue weighted by Gasteiger charge is -2.21. The first-order valence-electron chi connectivity index (χ1n) is 5.97. The summed E-state index contributed by atoms with van der Waals surface area (Å²) in [6.07, 6.45) is 0. The van der Waals surface area contributed by atoms with Crippen molar-refractivity contribution in [3.8, 4) is 0 Å². The highest BCUT2D eigenvalue weighted by molar-refractivity contribution is 8.89. The van der Waals surface area contributed by atoms with Crippen molar-refractivity contribution < 1.29 is 0 Å². The Morgan fingerprint density at radius 2 is 1.41 bits per heavy atom. The molecule has 17 heavy (non-hydrogen) atoms. The summed E-state index contributed by atoms with van der Waals surface area (Å²) in [6, 6.07) is 0. The van der Waals surface area contributed by atoms with Crippen LogP contribution < -0.4 is 0 Å². The molecule has 0 saturated carbocycles. The number of thiocarbonyl (C=S) groups is 2. The molecule has 0 aliphatic carbocycles. The second-order valence-corrected chi connectivity index (χ2v) is 7.05. The van der Waals surface area contributed by atoms with Gasteiger partial charge in [-0.1, -0.05) is 38.3 Å². The minimum absolute atomic E-state index is 0.876. The zero-order valence-electron chi connectivity index (χ0n) is 11.1. The van der Waals surface area contributed by atoms with Crippen LogP contribution in [0.25, 0.3) is 0 Å². The number of hydrogen-bond acceptors (Lipinski definition) is 5. The molecule has 6 heteroatoms. The van der Waals surface area contributed by atoms with Crippen LogP contribution >= 0.6 is 46.0 Å². The highest BCUT2D eigenvalue weighted by Crippen LogP contribution is 2.27. The molecular weight excluding hydrogens is 288 g/mol. The predicted molar refractivity (Wildman–Crippen MR) is 91.1 cm³/mol. The van der Waals surface area contributed by atoms with Gasteiger partial charge in [0.1, 0.15) is 4.32 Å². The molecule has 0 aromatic rings. The first-order valence-corrected chi connectivity index (χ1v) is 8.94. The highest BCUT2D eigenvalue weighted by Gasteiger charge is 2.10. The molecule has 0 N–H and O–H groups in total. The first kappa shape index (κ1) is 17.6. The van der Waals surface area contributed by atoms with Crippen LogP contribution in [0.3, 0.4) is 0 Å². The zero-order valence-corrected chi connectivity index (χ0v) is 14.3. The fourth-order valence-electron chi connectivity index (χ4n) is 1.27. The molecule has 0 atom stereocenters. The van der Waals surface area contributed by atoms with E-state index in [-0.39, 0.29) is 0 Å². The maximum Gasteiger partial charge on any atom is 0.147 e. The third-order valence-electron chi connectivity index (χ3n) is 2.47. The van der Waals surface area contributed by atoms with Gasteiger partial charge in [-0.05, 0) is 48.5 Å². The van der Waals surface area contributed by atoms with E-state index >= 15 is 0 Å². The second-order valence-electron chi connectivity index (χ2n) is 3.44. The summed E-state index contributed by atoms with van der Waals surface area (Å²) in [5, 5.41) is 0. The lowest BCUT2D eigenvalue weighted by atomic mass is 10.5. The molecule has 100 valence electrons. The van der Waals surface area contributed by atoms with E-state index in [1.165, 1.54) is 0 Å². The van der Waals surface area contributed by atoms with Gasteiger partial charge in [0.15, 0.2) is 0 Å². The molecule has 0 radical (unpaired) electrons. The van der Waals surface area contributed by atoms with Gasteiger partial charge in [0, 0.05) is 19.6 Å². The van der Waals surface area contributed by atoms with Gasteiger partial charge in [-0.3, -0.25) is 4.90 Å². The molecule has 0 bridgehead atoms. The van der Waals surface area contributed by atoms with Crippen LogP contribution in [0.1, 0.15) is 27.7 Å². The maximum atomic E-state index is 5.36. The lowest BCUT2D eigenvalue weighted by molar-refractivity contribution is 0.350. The molecule has 0 unspecified atom stereocenters. The fraction of sp³-hybridized carbons (Fsp3) is 0.818. The first-order chi connectivity index (χ1) is 8.08. The summed E-state index contributed by atoms with van der Waals surface area (Å²) in [4.78, 5) is 4.49. The molecule has 0 amide bonds. The third-order valence-corrected chi connectivity index (χ3v) is 6.12. The minimum Gasteiger partial charge on any atom is -0.357 e. The molecular formula is C11H22N2S4. The van der Waals surface area contributed by atoms with Gasteiger partial charge in [0.05, 0.1) is 4.20 Å². The Kier molecular flexibility index (Phi) is 10.9.